The first-order chi connectivity index (χ1) is 17.8. The van der Waals surface area contributed by atoms with Crippen LogP contribution in [0.25, 0.3) is 6.08 Å². The van der Waals surface area contributed by atoms with Gasteiger partial charge in [-0.05, 0) is 54.0 Å². The van der Waals surface area contributed by atoms with E-state index in [2.05, 4.69) is 26.0 Å². The molecule has 0 amide bonds. The standard InChI is InChI=1S/C30H29NO6/c1-5-35-29(33)22(19-31)17-21-11-16-26(27(18-21)34-4)37-28(32)20-36-25-14-12-24(13-15-25)30(2,3)23-9-7-6-8-10-23/h6-18H,5,20H2,1-4H3/b22-17+. The maximum absolute atomic E-state index is 12.4. The van der Waals surface area contributed by atoms with E-state index in [1.807, 2.05) is 48.5 Å². The number of rotatable bonds is 10. The summed E-state index contributed by atoms with van der Waals surface area (Å²) >= 11 is 0. The fourth-order valence-corrected chi connectivity index (χ4v) is 3.65. The number of carbonyl (C=O) groups excluding carboxylic acids is 2. The molecule has 0 fully saturated rings. The molecule has 7 heteroatoms. The Morgan fingerprint density at radius 2 is 1.62 bits per heavy atom. The summed E-state index contributed by atoms with van der Waals surface area (Å²) in [6.45, 7) is 5.83. The molecule has 0 saturated carbocycles. The second-order valence-corrected chi connectivity index (χ2v) is 8.58. The Kier molecular flexibility index (Phi) is 9.06. The van der Waals surface area contributed by atoms with Gasteiger partial charge in [0.2, 0.25) is 0 Å². The van der Waals surface area contributed by atoms with Crippen molar-refractivity contribution < 1.29 is 28.5 Å². The first kappa shape index (κ1) is 27.0. The van der Waals surface area contributed by atoms with Crippen molar-refractivity contribution in [3.05, 3.63) is 95.1 Å². The van der Waals surface area contributed by atoms with Gasteiger partial charge in [-0.1, -0.05) is 62.4 Å². The molecule has 0 unspecified atom stereocenters. The zero-order valence-electron chi connectivity index (χ0n) is 21.3. The predicted octanol–water partition coefficient (Wildman–Crippen LogP) is 5.48. The van der Waals surface area contributed by atoms with Crippen molar-refractivity contribution in [2.75, 3.05) is 20.3 Å². The number of methoxy groups -OCH3 is 1. The Bertz CT molecular complexity index is 1300. The topological polar surface area (TPSA) is 94.9 Å². The van der Waals surface area contributed by atoms with Gasteiger partial charge in [0.25, 0.3) is 0 Å². The summed E-state index contributed by atoms with van der Waals surface area (Å²) in [7, 11) is 1.42. The molecule has 0 aliphatic rings. The van der Waals surface area contributed by atoms with Crippen LogP contribution in [0.1, 0.15) is 37.5 Å². The zero-order chi connectivity index (χ0) is 26.8. The molecule has 3 aromatic rings. The van der Waals surface area contributed by atoms with Crippen molar-refractivity contribution in [2.45, 2.75) is 26.2 Å². The Hall–Kier alpha value is -4.57. The van der Waals surface area contributed by atoms with Gasteiger partial charge < -0.3 is 18.9 Å². The van der Waals surface area contributed by atoms with Gasteiger partial charge in [-0.2, -0.15) is 5.26 Å². The summed E-state index contributed by atoms with van der Waals surface area (Å²) in [5, 5.41) is 9.21. The van der Waals surface area contributed by atoms with E-state index in [1.54, 1.807) is 19.1 Å². The Labute approximate surface area is 216 Å². The largest absolute Gasteiger partial charge is 0.493 e. The summed E-state index contributed by atoms with van der Waals surface area (Å²) in [4.78, 5) is 24.3. The van der Waals surface area contributed by atoms with E-state index >= 15 is 0 Å². The van der Waals surface area contributed by atoms with Crippen molar-refractivity contribution in [1.82, 2.24) is 0 Å². The van der Waals surface area contributed by atoms with Gasteiger partial charge in [0.15, 0.2) is 18.1 Å². The lowest BCUT2D eigenvalue weighted by atomic mass is 9.78. The van der Waals surface area contributed by atoms with E-state index in [0.717, 1.165) is 5.56 Å². The van der Waals surface area contributed by atoms with Crippen molar-refractivity contribution in [3.8, 4) is 23.3 Å². The number of nitriles is 1. The highest BCUT2D eigenvalue weighted by molar-refractivity contribution is 5.98. The molecule has 0 radical (unpaired) electrons. The monoisotopic (exact) mass is 499 g/mol. The van der Waals surface area contributed by atoms with Crippen LogP contribution >= 0.6 is 0 Å². The molecule has 0 spiro atoms. The minimum atomic E-state index is -0.715. The predicted molar refractivity (Wildman–Crippen MR) is 139 cm³/mol. The van der Waals surface area contributed by atoms with Crippen LogP contribution in [0.4, 0.5) is 0 Å². The Morgan fingerprint density at radius 1 is 0.946 bits per heavy atom. The van der Waals surface area contributed by atoms with Gasteiger partial charge in [0.05, 0.1) is 13.7 Å². The minimum absolute atomic E-state index is 0.153. The fraction of sp³-hybridized carbons (Fsp3) is 0.233. The fourth-order valence-electron chi connectivity index (χ4n) is 3.65. The van der Waals surface area contributed by atoms with Crippen LogP contribution in [-0.2, 0) is 19.7 Å². The third kappa shape index (κ3) is 6.98. The highest BCUT2D eigenvalue weighted by atomic mass is 16.6. The lowest BCUT2D eigenvalue weighted by Gasteiger charge is -2.26. The van der Waals surface area contributed by atoms with Gasteiger partial charge in [-0.15, -0.1) is 0 Å². The van der Waals surface area contributed by atoms with Crippen molar-refractivity contribution in [2.24, 2.45) is 0 Å². The third-order valence-corrected chi connectivity index (χ3v) is 5.77. The summed E-state index contributed by atoms with van der Waals surface area (Å²) < 4.78 is 21.2. The van der Waals surface area contributed by atoms with Gasteiger partial charge in [-0.25, -0.2) is 9.59 Å². The van der Waals surface area contributed by atoms with Crippen LogP contribution in [0.5, 0.6) is 17.2 Å². The lowest BCUT2D eigenvalue weighted by Crippen LogP contribution is -2.19. The normalized spacial score (nSPS) is 11.3. The van der Waals surface area contributed by atoms with Crippen molar-refractivity contribution in [3.63, 3.8) is 0 Å². The first-order valence-electron chi connectivity index (χ1n) is 11.7. The van der Waals surface area contributed by atoms with Crippen LogP contribution in [-0.4, -0.2) is 32.3 Å². The van der Waals surface area contributed by atoms with Crippen LogP contribution < -0.4 is 14.2 Å². The number of hydrogen-bond acceptors (Lipinski definition) is 7. The average molecular weight is 500 g/mol. The summed E-state index contributed by atoms with van der Waals surface area (Å²) in [6, 6.07) is 24.3. The zero-order valence-corrected chi connectivity index (χ0v) is 21.3. The molecule has 0 saturated heterocycles. The van der Waals surface area contributed by atoms with Crippen LogP contribution in [0, 0.1) is 11.3 Å². The number of esters is 2. The summed E-state index contributed by atoms with van der Waals surface area (Å²) in [5.41, 5.74) is 2.50. The molecule has 0 aromatic heterocycles. The van der Waals surface area contributed by atoms with Gasteiger partial charge in [0, 0.05) is 5.41 Å². The molecular weight excluding hydrogens is 470 g/mol. The molecule has 0 atom stereocenters. The van der Waals surface area contributed by atoms with Crippen LogP contribution in [0.3, 0.4) is 0 Å². The molecule has 7 nitrogen and oxygen atoms in total. The summed E-state index contributed by atoms with van der Waals surface area (Å²) in [5.74, 6) is -0.341. The molecule has 0 N–H and O–H groups in total. The minimum Gasteiger partial charge on any atom is -0.493 e. The molecule has 3 rings (SSSR count). The van der Waals surface area contributed by atoms with Gasteiger partial charge >= 0.3 is 11.9 Å². The number of carbonyl (C=O) groups is 2. The molecule has 0 bridgehead atoms. The number of nitrogens with zero attached hydrogens (tertiary/aromatic N) is 1. The Balaban J connectivity index is 1.63. The second-order valence-electron chi connectivity index (χ2n) is 8.58. The highest BCUT2D eigenvalue weighted by Gasteiger charge is 2.22. The summed E-state index contributed by atoms with van der Waals surface area (Å²) in [6.07, 6.45) is 1.37. The average Bonchev–Trinajstić information content (AvgIpc) is 2.92. The molecule has 0 heterocycles. The molecular formula is C30H29NO6. The third-order valence-electron chi connectivity index (χ3n) is 5.77. The van der Waals surface area contributed by atoms with E-state index in [4.69, 9.17) is 18.9 Å². The Morgan fingerprint density at radius 3 is 2.24 bits per heavy atom. The van der Waals surface area contributed by atoms with E-state index in [9.17, 15) is 14.9 Å². The van der Waals surface area contributed by atoms with Gasteiger partial charge in [-0.3, -0.25) is 0 Å². The lowest BCUT2D eigenvalue weighted by molar-refractivity contribution is -0.138. The van der Waals surface area contributed by atoms with Crippen molar-refractivity contribution >= 4 is 18.0 Å². The second kappa shape index (κ2) is 12.4. The number of ether oxygens (including phenoxy) is 4. The molecule has 190 valence electrons. The van der Waals surface area contributed by atoms with Gasteiger partial charge in [0.1, 0.15) is 17.4 Å². The quantitative estimate of drug-likeness (QED) is 0.158. The maximum atomic E-state index is 12.4. The molecule has 0 aliphatic carbocycles. The van der Waals surface area contributed by atoms with Crippen molar-refractivity contribution in [1.29, 1.82) is 5.26 Å². The van der Waals surface area contributed by atoms with Crippen LogP contribution in [0.2, 0.25) is 0 Å². The molecule has 37 heavy (non-hydrogen) atoms. The SMILES string of the molecule is CCOC(=O)/C(C#N)=C/c1ccc(OC(=O)COc2ccc(C(C)(C)c3ccccc3)cc2)c(OC)c1. The van der Waals surface area contributed by atoms with E-state index in [1.165, 1.54) is 24.8 Å². The van der Waals surface area contributed by atoms with E-state index < -0.39 is 11.9 Å². The number of hydrogen-bond donors (Lipinski definition) is 0. The molecule has 3 aromatic carbocycles. The number of benzene rings is 3. The van der Waals surface area contributed by atoms with E-state index in [-0.39, 0.29) is 35.7 Å². The van der Waals surface area contributed by atoms with E-state index in [0.29, 0.717) is 11.3 Å². The smallest absolute Gasteiger partial charge is 0.349 e. The first-order valence-corrected chi connectivity index (χ1v) is 11.7. The maximum Gasteiger partial charge on any atom is 0.349 e. The van der Waals surface area contributed by atoms with Crippen LogP contribution in [0.15, 0.2) is 78.4 Å². The highest BCUT2D eigenvalue weighted by Crippen LogP contribution is 2.32. The molecule has 0 aliphatic heterocycles.